The molecule has 0 aliphatic carbocycles. The van der Waals surface area contributed by atoms with Crippen LogP contribution in [0, 0.1) is 5.92 Å². The number of benzene rings is 1. The molecule has 0 saturated carbocycles. The number of halogens is 1. The second-order valence-corrected chi connectivity index (χ2v) is 7.41. The molecule has 0 bridgehead atoms. The molecule has 5 nitrogen and oxygen atoms in total. The van der Waals surface area contributed by atoms with Gasteiger partial charge in [0, 0.05) is 45.1 Å². The number of rotatable bonds is 2. The fourth-order valence-corrected chi connectivity index (χ4v) is 0.903. The first-order chi connectivity index (χ1) is 12.1. The second kappa shape index (κ2) is 26.6. The number of aliphatic carboxylic acids is 1. The van der Waals surface area contributed by atoms with Gasteiger partial charge < -0.3 is 26.3 Å². The van der Waals surface area contributed by atoms with Gasteiger partial charge in [-0.2, -0.15) is 20.8 Å². The molecular weight excluding hydrogens is 416 g/mol. The minimum Gasteiger partial charge on any atom is -0.481 e. The summed E-state index contributed by atoms with van der Waals surface area (Å²) in [5.41, 5.74) is 0.766. The van der Waals surface area contributed by atoms with E-state index < -0.39 is 5.97 Å². The molecule has 1 aromatic carbocycles. The summed E-state index contributed by atoms with van der Waals surface area (Å²) in [5.74, 6) is 0.590. The predicted molar refractivity (Wildman–Crippen MR) is 115 cm³/mol. The van der Waals surface area contributed by atoms with E-state index in [1.165, 1.54) is 5.92 Å². The summed E-state index contributed by atoms with van der Waals surface area (Å²) in [6.07, 6.45) is -0.447. The Labute approximate surface area is 192 Å². The standard InChI is InChI=1S/C8H7ClO2.C4H9.3C3H8O.Ti/c9-7-3-1-6(2-4-7)5-8(10)11;1-4(2)3;3*1-3(2)4;/h1-4H,5H2,(H,10,11);1-3H3;3*3-4H,1-2H3;/q;-1;;;;. The molecule has 1 rings (SSSR count). The van der Waals surface area contributed by atoms with Crippen molar-refractivity contribution in [2.75, 3.05) is 0 Å². The Morgan fingerprint density at radius 1 is 0.857 bits per heavy atom. The van der Waals surface area contributed by atoms with Gasteiger partial charge in [-0.3, -0.25) is 4.79 Å². The molecule has 0 atom stereocenters. The number of aliphatic hydroxyl groups excluding tert-OH is 3. The maximum absolute atomic E-state index is 10.2. The van der Waals surface area contributed by atoms with Gasteiger partial charge in [0.15, 0.2) is 0 Å². The van der Waals surface area contributed by atoms with Crippen LogP contribution in [0.3, 0.4) is 0 Å². The van der Waals surface area contributed by atoms with Crippen LogP contribution in [0.25, 0.3) is 0 Å². The molecule has 0 radical (unpaired) electrons. The summed E-state index contributed by atoms with van der Waals surface area (Å²) in [6, 6.07) is 6.77. The van der Waals surface area contributed by atoms with Gasteiger partial charge >= 0.3 is 5.97 Å². The average molecular weight is 456 g/mol. The maximum atomic E-state index is 10.2. The summed E-state index contributed by atoms with van der Waals surface area (Å²) < 4.78 is 0. The largest absolute Gasteiger partial charge is 0.481 e. The third-order valence-corrected chi connectivity index (χ3v) is 1.52. The summed E-state index contributed by atoms with van der Waals surface area (Å²) in [5, 5.41) is 33.2. The first-order valence-electron chi connectivity index (χ1n) is 8.88. The molecule has 0 aliphatic rings. The fraction of sp³-hybridized carbons (Fsp3) is 0.619. The molecular formula is C21H40ClO5Ti-. The molecule has 7 heteroatoms. The van der Waals surface area contributed by atoms with Gasteiger partial charge in [0.1, 0.15) is 0 Å². The van der Waals surface area contributed by atoms with Gasteiger partial charge in [0.05, 0.1) is 6.42 Å². The molecule has 4 N–H and O–H groups in total. The number of hydrogen-bond acceptors (Lipinski definition) is 4. The zero-order chi connectivity index (χ0) is 22.6. The third kappa shape index (κ3) is 83.8. The van der Waals surface area contributed by atoms with Crippen molar-refractivity contribution in [3.63, 3.8) is 0 Å². The zero-order valence-electron chi connectivity index (χ0n) is 18.8. The summed E-state index contributed by atoms with van der Waals surface area (Å²) in [4.78, 5) is 10.2. The number of aliphatic hydroxyl groups is 3. The van der Waals surface area contributed by atoms with Crippen LogP contribution in [-0.4, -0.2) is 44.7 Å². The van der Waals surface area contributed by atoms with E-state index >= 15 is 0 Å². The number of carbonyl (C=O) groups is 1. The van der Waals surface area contributed by atoms with Gasteiger partial charge in [-0.25, -0.2) is 0 Å². The van der Waals surface area contributed by atoms with Crippen LogP contribution in [0.15, 0.2) is 24.3 Å². The zero-order valence-corrected chi connectivity index (χ0v) is 21.1. The van der Waals surface area contributed by atoms with E-state index in [1.54, 1.807) is 65.8 Å². The maximum Gasteiger partial charge on any atom is 0.307 e. The van der Waals surface area contributed by atoms with Crippen molar-refractivity contribution in [3.05, 3.63) is 40.8 Å². The van der Waals surface area contributed by atoms with Crippen molar-refractivity contribution in [2.45, 2.75) is 87.0 Å². The van der Waals surface area contributed by atoms with Crippen LogP contribution in [0.1, 0.15) is 67.9 Å². The van der Waals surface area contributed by atoms with E-state index in [0.29, 0.717) is 5.02 Å². The molecule has 28 heavy (non-hydrogen) atoms. The monoisotopic (exact) mass is 455 g/mol. The molecule has 0 heterocycles. The Bertz CT molecular complexity index is 386. The van der Waals surface area contributed by atoms with Crippen LogP contribution >= 0.6 is 11.6 Å². The third-order valence-electron chi connectivity index (χ3n) is 1.27. The van der Waals surface area contributed by atoms with E-state index in [9.17, 15) is 4.79 Å². The normalized spacial score (nSPS) is 8.89. The Balaban J connectivity index is -0.0000000879. The van der Waals surface area contributed by atoms with E-state index in [4.69, 9.17) is 32.0 Å². The van der Waals surface area contributed by atoms with Crippen molar-refractivity contribution in [1.29, 1.82) is 0 Å². The van der Waals surface area contributed by atoms with E-state index in [0.717, 1.165) is 5.56 Å². The van der Waals surface area contributed by atoms with E-state index in [2.05, 4.69) is 20.8 Å². The Hall–Kier alpha value is -0.426. The van der Waals surface area contributed by atoms with E-state index in [1.807, 2.05) is 0 Å². The SMILES string of the molecule is CC(C)O.CC(C)O.CC(C)O.C[C-](C)C.O=C(O)Cc1ccc(Cl)cc1.[Ti]. The second-order valence-electron chi connectivity index (χ2n) is 6.98. The Morgan fingerprint density at radius 3 is 1.25 bits per heavy atom. The first kappa shape index (κ1) is 38.2. The molecule has 0 aliphatic heterocycles. The molecule has 0 aromatic heterocycles. The van der Waals surface area contributed by atoms with Crippen LogP contribution in [-0.2, 0) is 32.9 Å². The van der Waals surface area contributed by atoms with Crippen LogP contribution < -0.4 is 0 Å². The average Bonchev–Trinajstić information content (AvgIpc) is 2.38. The van der Waals surface area contributed by atoms with Gasteiger partial charge in [0.2, 0.25) is 0 Å². The van der Waals surface area contributed by atoms with Crippen LogP contribution in [0.5, 0.6) is 0 Å². The van der Waals surface area contributed by atoms with Crippen molar-refractivity contribution < 1.29 is 46.9 Å². The van der Waals surface area contributed by atoms with Gasteiger partial charge in [-0.1, -0.05) is 23.7 Å². The predicted octanol–water partition coefficient (Wildman–Crippen LogP) is 4.75. The summed E-state index contributed by atoms with van der Waals surface area (Å²) in [7, 11) is 0. The number of carboxylic acid groups (broad SMARTS) is 1. The molecule has 0 saturated heterocycles. The quantitative estimate of drug-likeness (QED) is 0.381. The molecule has 1 aromatic rings. The Morgan fingerprint density at radius 2 is 1.07 bits per heavy atom. The molecule has 0 fully saturated rings. The van der Waals surface area contributed by atoms with Crippen LogP contribution in [0.2, 0.25) is 5.02 Å². The molecule has 0 spiro atoms. The van der Waals surface area contributed by atoms with Crippen molar-refractivity contribution in [1.82, 2.24) is 0 Å². The van der Waals surface area contributed by atoms with Gasteiger partial charge in [-0.05, 0) is 59.2 Å². The number of carboxylic acids is 1. The topological polar surface area (TPSA) is 98.0 Å². The van der Waals surface area contributed by atoms with E-state index in [-0.39, 0.29) is 46.5 Å². The van der Waals surface area contributed by atoms with Crippen LogP contribution in [0.4, 0.5) is 0 Å². The molecule has 166 valence electrons. The summed E-state index contributed by atoms with van der Waals surface area (Å²) in [6.45, 7) is 16.6. The van der Waals surface area contributed by atoms with Crippen molar-refractivity contribution >= 4 is 17.6 Å². The minimum atomic E-state index is -0.827. The molecule has 0 amide bonds. The minimum absolute atomic E-state index is 0. The molecule has 0 unspecified atom stereocenters. The van der Waals surface area contributed by atoms with Gasteiger partial charge in [0.25, 0.3) is 0 Å². The Kier molecular flexibility index (Phi) is 36.3. The fourth-order valence-electron chi connectivity index (χ4n) is 0.777. The number of hydrogen-bond donors (Lipinski definition) is 4. The van der Waals surface area contributed by atoms with Gasteiger partial charge in [-0.15, -0.1) is 0 Å². The van der Waals surface area contributed by atoms with Crippen molar-refractivity contribution in [3.8, 4) is 0 Å². The van der Waals surface area contributed by atoms with Crippen molar-refractivity contribution in [2.24, 2.45) is 0 Å². The summed E-state index contributed by atoms with van der Waals surface area (Å²) >= 11 is 5.60. The first-order valence-corrected chi connectivity index (χ1v) is 9.26. The smallest absolute Gasteiger partial charge is 0.307 e.